The van der Waals surface area contributed by atoms with E-state index in [-0.39, 0.29) is 12.5 Å². The van der Waals surface area contributed by atoms with Crippen molar-refractivity contribution in [2.24, 2.45) is 0 Å². The molecule has 0 aliphatic carbocycles. The van der Waals surface area contributed by atoms with Crippen molar-refractivity contribution < 1.29 is 13.9 Å². The van der Waals surface area contributed by atoms with Crippen LogP contribution >= 0.6 is 11.3 Å². The number of aromatic nitrogens is 4. The molecule has 5 aromatic rings. The number of hydrogen-bond donors (Lipinski definition) is 0. The van der Waals surface area contributed by atoms with Gasteiger partial charge in [0.15, 0.2) is 6.61 Å². The number of rotatable bonds is 6. The minimum atomic E-state index is -0.509. The van der Waals surface area contributed by atoms with Crippen molar-refractivity contribution in [3.63, 3.8) is 0 Å². The summed E-state index contributed by atoms with van der Waals surface area (Å²) in [4.78, 5) is 13.8. The molecule has 0 aliphatic heterocycles. The lowest BCUT2D eigenvalue weighted by molar-refractivity contribution is 0.0439. The standard InChI is InChI=1S/C23H16N4O3S/c28-23(29-15-20-24-25-22(30-20)16-8-3-1-4-9-16)18-14-27(17-10-5-2-6-11-17)26-21(18)19-12-7-13-31-19/h1-14H,15H2. The molecule has 152 valence electrons. The van der Waals surface area contributed by atoms with Gasteiger partial charge in [-0.2, -0.15) is 5.10 Å². The lowest BCUT2D eigenvalue weighted by atomic mass is 10.2. The van der Waals surface area contributed by atoms with E-state index in [4.69, 9.17) is 9.15 Å². The Morgan fingerprint density at radius 1 is 0.968 bits per heavy atom. The molecule has 31 heavy (non-hydrogen) atoms. The summed E-state index contributed by atoms with van der Waals surface area (Å²) in [5.74, 6) is 0.0909. The molecule has 2 aromatic carbocycles. The third-order valence-electron chi connectivity index (χ3n) is 4.52. The van der Waals surface area contributed by atoms with Crippen LogP contribution in [0.25, 0.3) is 27.7 Å². The Morgan fingerprint density at radius 2 is 1.74 bits per heavy atom. The van der Waals surface area contributed by atoms with Crippen LogP contribution in [0.15, 0.2) is 88.8 Å². The molecular formula is C23H16N4O3S. The maximum atomic E-state index is 12.9. The Labute approximate surface area is 181 Å². The number of hydrogen-bond acceptors (Lipinski definition) is 7. The summed E-state index contributed by atoms with van der Waals surface area (Å²) in [5, 5.41) is 14.5. The van der Waals surface area contributed by atoms with Crippen LogP contribution in [0.2, 0.25) is 0 Å². The Kier molecular flexibility index (Phi) is 5.12. The summed E-state index contributed by atoms with van der Waals surface area (Å²) in [7, 11) is 0. The highest BCUT2D eigenvalue weighted by Crippen LogP contribution is 2.28. The number of para-hydroxylation sites is 1. The quantitative estimate of drug-likeness (QED) is 0.354. The van der Waals surface area contributed by atoms with E-state index in [1.807, 2.05) is 78.2 Å². The van der Waals surface area contributed by atoms with Crippen LogP contribution < -0.4 is 0 Å². The molecule has 0 unspecified atom stereocenters. The largest absolute Gasteiger partial charge is 0.452 e. The zero-order valence-electron chi connectivity index (χ0n) is 16.2. The predicted molar refractivity (Wildman–Crippen MR) is 116 cm³/mol. The van der Waals surface area contributed by atoms with Crippen LogP contribution in [-0.2, 0) is 11.3 Å². The molecule has 0 fully saturated rings. The lowest BCUT2D eigenvalue weighted by Gasteiger charge is -2.01. The van der Waals surface area contributed by atoms with Crippen molar-refractivity contribution in [1.29, 1.82) is 0 Å². The summed E-state index contributed by atoms with van der Waals surface area (Å²) in [5.41, 5.74) is 2.59. The summed E-state index contributed by atoms with van der Waals surface area (Å²) in [6, 6.07) is 22.9. The Morgan fingerprint density at radius 3 is 2.48 bits per heavy atom. The van der Waals surface area contributed by atoms with E-state index in [0.29, 0.717) is 17.1 Å². The van der Waals surface area contributed by atoms with Crippen LogP contribution in [0.3, 0.4) is 0 Å². The average Bonchev–Trinajstić information content (AvgIpc) is 3.59. The van der Waals surface area contributed by atoms with Crippen LogP contribution in [0, 0.1) is 0 Å². The highest BCUT2D eigenvalue weighted by molar-refractivity contribution is 7.13. The zero-order valence-corrected chi connectivity index (χ0v) is 17.0. The van der Waals surface area contributed by atoms with E-state index in [2.05, 4.69) is 15.3 Å². The van der Waals surface area contributed by atoms with Gasteiger partial charge in [-0.05, 0) is 35.7 Å². The second-order valence-electron chi connectivity index (χ2n) is 6.59. The van der Waals surface area contributed by atoms with Crippen molar-refractivity contribution >= 4 is 17.3 Å². The minimum absolute atomic E-state index is 0.126. The molecule has 0 spiro atoms. The number of carbonyl (C=O) groups is 1. The molecule has 0 bridgehead atoms. The first-order valence-electron chi connectivity index (χ1n) is 9.52. The molecule has 8 heteroatoms. The number of ether oxygens (including phenoxy) is 1. The molecule has 0 N–H and O–H groups in total. The Hall–Kier alpha value is -4.04. The van der Waals surface area contributed by atoms with Gasteiger partial charge in [0.05, 0.1) is 10.6 Å². The minimum Gasteiger partial charge on any atom is -0.452 e. The SMILES string of the molecule is O=C(OCc1nnc(-c2ccccc2)o1)c1cn(-c2ccccc2)nc1-c1cccs1. The first-order chi connectivity index (χ1) is 15.3. The highest BCUT2D eigenvalue weighted by atomic mass is 32.1. The maximum Gasteiger partial charge on any atom is 0.342 e. The highest BCUT2D eigenvalue weighted by Gasteiger charge is 2.21. The fourth-order valence-corrected chi connectivity index (χ4v) is 3.77. The first-order valence-corrected chi connectivity index (χ1v) is 10.4. The molecule has 0 radical (unpaired) electrons. The molecule has 0 saturated carbocycles. The monoisotopic (exact) mass is 428 g/mol. The van der Waals surface area contributed by atoms with Gasteiger partial charge >= 0.3 is 5.97 Å². The summed E-state index contributed by atoms with van der Waals surface area (Å²) >= 11 is 1.51. The maximum absolute atomic E-state index is 12.9. The van der Waals surface area contributed by atoms with Crippen LogP contribution in [0.4, 0.5) is 0 Å². The average molecular weight is 428 g/mol. The summed E-state index contributed by atoms with van der Waals surface area (Å²) in [6.45, 7) is -0.126. The van der Waals surface area contributed by atoms with Gasteiger partial charge in [0.2, 0.25) is 5.89 Å². The molecule has 0 atom stereocenters. The van der Waals surface area contributed by atoms with Gasteiger partial charge in [-0.15, -0.1) is 21.5 Å². The van der Waals surface area contributed by atoms with Crippen molar-refractivity contribution in [1.82, 2.24) is 20.0 Å². The molecule has 5 rings (SSSR count). The number of esters is 1. The first kappa shape index (κ1) is 19.0. The van der Waals surface area contributed by atoms with Crippen molar-refractivity contribution in [3.8, 4) is 27.7 Å². The van der Waals surface area contributed by atoms with E-state index in [1.54, 1.807) is 10.9 Å². The molecule has 3 heterocycles. The van der Waals surface area contributed by atoms with E-state index in [0.717, 1.165) is 16.1 Å². The van der Waals surface area contributed by atoms with E-state index in [1.165, 1.54) is 11.3 Å². The number of carbonyl (C=O) groups excluding carboxylic acids is 1. The van der Waals surface area contributed by atoms with Gasteiger partial charge in [-0.3, -0.25) is 0 Å². The Balaban J connectivity index is 1.38. The van der Waals surface area contributed by atoms with Crippen LogP contribution in [-0.4, -0.2) is 25.9 Å². The predicted octanol–water partition coefficient (Wildman–Crippen LogP) is 5.01. The second kappa shape index (κ2) is 8.37. The normalized spacial score (nSPS) is 10.8. The summed E-state index contributed by atoms with van der Waals surface area (Å²) in [6.07, 6.45) is 1.68. The second-order valence-corrected chi connectivity index (χ2v) is 7.54. The third kappa shape index (κ3) is 4.01. The third-order valence-corrected chi connectivity index (χ3v) is 5.40. The summed E-state index contributed by atoms with van der Waals surface area (Å²) < 4.78 is 12.8. The molecule has 0 aliphatic rings. The van der Waals surface area contributed by atoms with Gasteiger partial charge < -0.3 is 9.15 Å². The number of thiophene rings is 1. The van der Waals surface area contributed by atoms with Gasteiger partial charge in [0.25, 0.3) is 5.89 Å². The molecule has 0 amide bonds. The fourth-order valence-electron chi connectivity index (χ4n) is 3.05. The van der Waals surface area contributed by atoms with E-state index in [9.17, 15) is 4.79 Å². The van der Waals surface area contributed by atoms with Crippen molar-refractivity contribution in [2.75, 3.05) is 0 Å². The molecule has 7 nitrogen and oxygen atoms in total. The molecule has 3 aromatic heterocycles. The topological polar surface area (TPSA) is 83.0 Å². The van der Waals surface area contributed by atoms with E-state index < -0.39 is 5.97 Å². The van der Waals surface area contributed by atoms with E-state index >= 15 is 0 Å². The number of benzene rings is 2. The smallest absolute Gasteiger partial charge is 0.342 e. The fraction of sp³-hybridized carbons (Fsp3) is 0.0435. The van der Waals surface area contributed by atoms with Crippen molar-refractivity contribution in [3.05, 3.63) is 95.8 Å². The zero-order chi connectivity index (χ0) is 21.0. The van der Waals surface area contributed by atoms with Gasteiger partial charge in [0.1, 0.15) is 11.3 Å². The molecule has 0 saturated heterocycles. The lowest BCUT2D eigenvalue weighted by Crippen LogP contribution is -2.06. The van der Waals surface area contributed by atoms with Gasteiger partial charge in [-0.1, -0.05) is 42.5 Å². The van der Waals surface area contributed by atoms with Gasteiger partial charge in [0, 0.05) is 11.8 Å². The van der Waals surface area contributed by atoms with Crippen LogP contribution in [0.5, 0.6) is 0 Å². The van der Waals surface area contributed by atoms with Gasteiger partial charge in [-0.25, -0.2) is 9.48 Å². The molecular weight excluding hydrogens is 412 g/mol. The Bertz CT molecular complexity index is 1300. The number of nitrogens with zero attached hydrogens (tertiary/aromatic N) is 4. The van der Waals surface area contributed by atoms with Crippen LogP contribution in [0.1, 0.15) is 16.2 Å². The van der Waals surface area contributed by atoms with Crippen molar-refractivity contribution in [2.45, 2.75) is 6.61 Å².